The second-order valence-electron chi connectivity index (χ2n) is 4.12. The summed E-state index contributed by atoms with van der Waals surface area (Å²) in [6, 6.07) is 0. The van der Waals surface area contributed by atoms with Crippen LogP contribution in [0, 0.1) is 0 Å². The molecule has 14 heavy (non-hydrogen) atoms. The van der Waals surface area contributed by atoms with Gasteiger partial charge in [0.05, 0.1) is 25.2 Å². The van der Waals surface area contributed by atoms with Crippen LogP contribution in [-0.2, 0) is 9.59 Å². The Morgan fingerprint density at radius 3 is 2.36 bits per heavy atom. The van der Waals surface area contributed by atoms with Crippen LogP contribution >= 0.6 is 0 Å². The summed E-state index contributed by atoms with van der Waals surface area (Å²) < 4.78 is 0. The molecule has 0 unspecified atom stereocenters. The van der Waals surface area contributed by atoms with Crippen molar-refractivity contribution in [1.29, 1.82) is 0 Å². The molecular weight excluding hydrogens is 184 g/mol. The van der Waals surface area contributed by atoms with E-state index in [-0.39, 0.29) is 18.4 Å². The monoisotopic (exact) mass is 200 g/mol. The van der Waals surface area contributed by atoms with E-state index in [0.29, 0.717) is 13.1 Å². The topological polar surface area (TPSA) is 60.9 Å². The predicted octanol–water partition coefficient (Wildman–Crippen LogP) is -0.942. The minimum atomic E-state index is -0.746. The number of hydrogen-bond acceptors (Lipinski definition) is 3. The molecule has 0 radical (unpaired) electrons. The van der Waals surface area contributed by atoms with Gasteiger partial charge in [-0.25, -0.2) is 0 Å². The summed E-state index contributed by atoms with van der Waals surface area (Å²) >= 11 is 0. The van der Waals surface area contributed by atoms with Crippen molar-refractivity contribution in [2.45, 2.75) is 19.4 Å². The van der Waals surface area contributed by atoms with E-state index in [1.807, 2.05) is 0 Å². The maximum Gasteiger partial charge on any atom is 0.242 e. The maximum absolute atomic E-state index is 11.4. The quantitative estimate of drug-likeness (QED) is 0.625. The second-order valence-corrected chi connectivity index (χ2v) is 4.12. The SMILES string of the molecule is CC(=O)N(C)CC(=O)N1CC(C)(O)C1. The zero-order valence-electron chi connectivity index (χ0n) is 8.78. The van der Waals surface area contributed by atoms with Crippen molar-refractivity contribution in [3.8, 4) is 0 Å². The van der Waals surface area contributed by atoms with Crippen LogP contribution < -0.4 is 0 Å². The van der Waals surface area contributed by atoms with Crippen molar-refractivity contribution in [1.82, 2.24) is 9.80 Å². The highest BCUT2D eigenvalue weighted by molar-refractivity contribution is 5.84. The third kappa shape index (κ3) is 2.45. The highest BCUT2D eigenvalue weighted by Gasteiger charge is 2.39. The van der Waals surface area contributed by atoms with Gasteiger partial charge in [0.15, 0.2) is 0 Å². The third-order valence-corrected chi connectivity index (χ3v) is 2.33. The molecule has 0 atom stereocenters. The van der Waals surface area contributed by atoms with Crippen LogP contribution in [0.25, 0.3) is 0 Å². The lowest BCUT2D eigenvalue weighted by atomic mass is 9.97. The number of carbonyl (C=O) groups excluding carboxylic acids is 2. The van der Waals surface area contributed by atoms with E-state index in [9.17, 15) is 14.7 Å². The number of likely N-dealkylation sites (N-methyl/N-ethyl adjacent to an activating group) is 1. The number of rotatable bonds is 2. The number of amides is 2. The molecule has 1 heterocycles. The normalized spacial score (nSPS) is 18.7. The molecule has 5 heteroatoms. The molecule has 0 aromatic rings. The Morgan fingerprint density at radius 1 is 1.50 bits per heavy atom. The minimum Gasteiger partial charge on any atom is -0.386 e. The first-order valence-corrected chi connectivity index (χ1v) is 4.54. The second kappa shape index (κ2) is 3.57. The van der Waals surface area contributed by atoms with E-state index in [4.69, 9.17) is 0 Å². The van der Waals surface area contributed by atoms with Crippen LogP contribution in [0.3, 0.4) is 0 Å². The van der Waals surface area contributed by atoms with Crippen LogP contribution in [0.1, 0.15) is 13.8 Å². The van der Waals surface area contributed by atoms with Crippen LogP contribution in [0.15, 0.2) is 0 Å². The summed E-state index contributed by atoms with van der Waals surface area (Å²) in [5.41, 5.74) is -0.746. The average Bonchev–Trinajstić information content (AvgIpc) is 1.99. The van der Waals surface area contributed by atoms with E-state index >= 15 is 0 Å². The van der Waals surface area contributed by atoms with Gasteiger partial charge >= 0.3 is 0 Å². The van der Waals surface area contributed by atoms with Crippen LogP contribution in [-0.4, -0.2) is 59.0 Å². The number of β-amino-alcohol motifs (C(OH)–C–C–N with tert-alkyl or cyclic N) is 1. The molecule has 1 N–H and O–H groups in total. The van der Waals surface area contributed by atoms with E-state index in [2.05, 4.69) is 0 Å². The molecule has 5 nitrogen and oxygen atoms in total. The average molecular weight is 200 g/mol. The Labute approximate surface area is 83.3 Å². The number of likely N-dealkylation sites (tertiary alicyclic amines) is 1. The van der Waals surface area contributed by atoms with Gasteiger partial charge in [-0.2, -0.15) is 0 Å². The van der Waals surface area contributed by atoms with Gasteiger partial charge in [0, 0.05) is 14.0 Å². The molecule has 0 spiro atoms. The first-order valence-electron chi connectivity index (χ1n) is 4.54. The fourth-order valence-corrected chi connectivity index (χ4v) is 1.37. The lowest BCUT2D eigenvalue weighted by Gasteiger charge is -2.44. The van der Waals surface area contributed by atoms with Crippen molar-refractivity contribution in [2.75, 3.05) is 26.7 Å². The Morgan fingerprint density at radius 2 is 2.00 bits per heavy atom. The maximum atomic E-state index is 11.4. The van der Waals surface area contributed by atoms with Gasteiger partial charge in [-0.1, -0.05) is 0 Å². The van der Waals surface area contributed by atoms with E-state index in [0.717, 1.165) is 0 Å². The molecular formula is C9H16N2O3. The highest BCUT2D eigenvalue weighted by atomic mass is 16.3. The summed E-state index contributed by atoms with van der Waals surface area (Å²) in [4.78, 5) is 25.2. The minimum absolute atomic E-state index is 0.0887. The van der Waals surface area contributed by atoms with Gasteiger partial charge in [-0.3, -0.25) is 9.59 Å². The molecule has 1 rings (SSSR count). The lowest BCUT2D eigenvalue weighted by Crippen LogP contribution is -2.63. The van der Waals surface area contributed by atoms with Gasteiger partial charge in [0.2, 0.25) is 11.8 Å². The van der Waals surface area contributed by atoms with Crippen LogP contribution in [0.4, 0.5) is 0 Å². The molecule has 1 aliphatic rings. The molecule has 1 aliphatic heterocycles. The first-order chi connectivity index (χ1) is 6.32. The number of aliphatic hydroxyl groups is 1. The van der Waals surface area contributed by atoms with Crippen molar-refractivity contribution in [3.63, 3.8) is 0 Å². The molecule has 0 aromatic heterocycles. The Hall–Kier alpha value is -1.10. The Bertz CT molecular complexity index is 255. The summed E-state index contributed by atoms with van der Waals surface area (Å²) in [7, 11) is 1.58. The fraction of sp³-hybridized carbons (Fsp3) is 0.778. The molecule has 0 aliphatic carbocycles. The standard InChI is InChI=1S/C9H16N2O3/c1-7(12)10(3)4-8(13)11-5-9(2,14)6-11/h14H,4-6H2,1-3H3. The smallest absolute Gasteiger partial charge is 0.242 e. The molecule has 0 saturated carbocycles. The summed E-state index contributed by atoms with van der Waals surface area (Å²) in [6.45, 7) is 3.91. The molecule has 2 amide bonds. The molecule has 1 saturated heterocycles. The van der Waals surface area contributed by atoms with Gasteiger partial charge in [0.25, 0.3) is 0 Å². The van der Waals surface area contributed by atoms with E-state index in [1.165, 1.54) is 11.8 Å². The largest absolute Gasteiger partial charge is 0.386 e. The van der Waals surface area contributed by atoms with Crippen LogP contribution in [0.2, 0.25) is 0 Å². The lowest BCUT2D eigenvalue weighted by molar-refractivity contribution is -0.155. The zero-order valence-corrected chi connectivity index (χ0v) is 8.78. The zero-order chi connectivity index (χ0) is 10.9. The number of carbonyl (C=O) groups is 2. The third-order valence-electron chi connectivity index (χ3n) is 2.33. The summed E-state index contributed by atoms with van der Waals surface area (Å²) in [6.07, 6.45) is 0. The van der Waals surface area contributed by atoms with Crippen molar-refractivity contribution < 1.29 is 14.7 Å². The van der Waals surface area contributed by atoms with Crippen molar-refractivity contribution in [3.05, 3.63) is 0 Å². The van der Waals surface area contributed by atoms with Crippen molar-refractivity contribution in [2.24, 2.45) is 0 Å². The number of hydrogen-bond donors (Lipinski definition) is 1. The van der Waals surface area contributed by atoms with Gasteiger partial charge in [-0.15, -0.1) is 0 Å². The van der Waals surface area contributed by atoms with Gasteiger partial charge in [0.1, 0.15) is 0 Å². The Kier molecular flexibility index (Phi) is 2.80. The Balaban J connectivity index is 2.34. The summed E-state index contributed by atoms with van der Waals surface area (Å²) in [5.74, 6) is -0.250. The van der Waals surface area contributed by atoms with E-state index < -0.39 is 5.60 Å². The van der Waals surface area contributed by atoms with Gasteiger partial charge in [-0.05, 0) is 6.92 Å². The number of nitrogens with zero attached hydrogens (tertiary/aromatic N) is 2. The van der Waals surface area contributed by atoms with Crippen molar-refractivity contribution >= 4 is 11.8 Å². The predicted molar refractivity (Wildman–Crippen MR) is 50.5 cm³/mol. The van der Waals surface area contributed by atoms with E-state index in [1.54, 1.807) is 18.9 Å². The van der Waals surface area contributed by atoms with Gasteiger partial charge < -0.3 is 14.9 Å². The first kappa shape index (κ1) is 11.0. The fourth-order valence-electron chi connectivity index (χ4n) is 1.37. The molecule has 80 valence electrons. The van der Waals surface area contributed by atoms with Crippen LogP contribution in [0.5, 0.6) is 0 Å². The molecule has 1 fully saturated rings. The molecule has 0 aromatic carbocycles. The highest BCUT2D eigenvalue weighted by Crippen LogP contribution is 2.19. The molecule has 0 bridgehead atoms. The summed E-state index contributed by atoms with van der Waals surface area (Å²) in [5, 5.41) is 9.40.